The zero-order valence-corrected chi connectivity index (χ0v) is 17.8. The van der Waals surface area contributed by atoms with Gasteiger partial charge >= 0.3 is 0 Å². The van der Waals surface area contributed by atoms with Gasteiger partial charge in [-0.05, 0) is 32.2 Å². The SMILES string of the molecule is C[C@H](NS(=O)(=O)c1ccccc1F)C(=O)NCc1cccnc1N1CCN(C)CC1. The lowest BCUT2D eigenvalue weighted by Gasteiger charge is -2.34. The Morgan fingerprint density at radius 3 is 2.57 bits per heavy atom. The molecule has 0 saturated carbocycles. The number of piperazine rings is 1. The lowest BCUT2D eigenvalue weighted by atomic mass is 10.2. The molecule has 0 unspecified atom stereocenters. The van der Waals surface area contributed by atoms with E-state index in [1.807, 2.05) is 6.07 Å². The number of carbonyl (C=O) groups excluding carboxylic acids is 1. The summed E-state index contributed by atoms with van der Waals surface area (Å²) in [6.07, 6.45) is 1.71. The maximum absolute atomic E-state index is 13.8. The molecule has 0 aliphatic carbocycles. The third-order valence-corrected chi connectivity index (χ3v) is 6.55. The minimum atomic E-state index is -4.16. The van der Waals surface area contributed by atoms with Crippen molar-refractivity contribution in [1.82, 2.24) is 19.9 Å². The lowest BCUT2D eigenvalue weighted by molar-refractivity contribution is -0.122. The third-order valence-electron chi connectivity index (χ3n) is 4.97. The molecule has 2 aromatic rings. The number of rotatable bonds is 7. The highest BCUT2D eigenvalue weighted by atomic mass is 32.2. The van der Waals surface area contributed by atoms with Crippen LogP contribution < -0.4 is 14.9 Å². The van der Waals surface area contributed by atoms with Gasteiger partial charge in [-0.1, -0.05) is 18.2 Å². The second kappa shape index (κ2) is 9.50. The van der Waals surface area contributed by atoms with E-state index in [-0.39, 0.29) is 6.54 Å². The van der Waals surface area contributed by atoms with Gasteiger partial charge in [-0.2, -0.15) is 4.72 Å². The van der Waals surface area contributed by atoms with E-state index >= 15 is 0 Å². The molecule has 1 aromatic carbocycles. The molecule has 1 aliphatic rings. The largest absolute Gasteiger partial charge is 0.354 e. The molecule has 1 aromatic heterocycles. The van der Waals surface area contributed by atoms with Gasteiger partial charge in [0.05, 0.1) is 6.04 Å². The van der Waals surface area contributed by atoms with Crippen LogP contribution in [0, 0.1) is 5.82 Å². The highest BCUT2D eigenvalue weighted by Gasteiger charge is 2.25. The van der Waals surface area contributed by atoms with Crippen LogP contribution in [-0.2, 0) is 21.4 Å². The number of sulfonamides is 1. The van der Waals surface area contributed by atoms with Gasteiger partial charge < -0.3 is 15.1 Å². The number of hydrogen-bond acceptors (Lipinski definition) is 6. The molecule has 1 amide bonds. The number of amides is 1. The van der Waals surface area contributed by atoms with E-state index < -0.39 is 32.7 Å². The van der Waals surface area contributed by atoms with Crippen LogP contribution in [0.15, 0.2) is 47.5 Å². The van der Waals surface area contributed by atoms with Crippen LogP contribution >= 0.6 is 0 Å². The number of nitrogens with zero attached hydrogens (tertiary/aromatic N) is 3. The minimum Gasteiger partial charge on any atom is -0.354 e. The van der Waals surface area contributed by atoms with E-state index in [1.165, 1.54) is 19.1 Å². The number of aromatic nitrogens is 1. The van der Waals surface area contributed by atoms with Crippen LogP contribution in [0.25, 0.3) is 0 Å². The summed E-state index contributed by atoms with van der Waals surface area (Å²) in [5.74, 6) is -0.571. The second-order valence-corrected chi connectivity index (χ2v) is 8.95. The summed E-state index contributed by atoms with van der Waals surface area (Å²) in [6.45, 7) is 5.16. The first-order valence-corrected chi connectivity index (χ1v) is 11.2. The van der Waals surface area contributed by atoms with Crippen molar-refractivity contribution in [3.05, 3.63) is 54.0 Å². The van der Waals surface area contributed by atoms with Gasteiger partial charge in [-0.25, -0.2) is 17.8 Å². The van der Waals surface area contributed by atoms with Crippen molar-refractivity contribution in [2.45, 2.75) is 24.4 Å². The average molecular weight is 436 g/mol. The maximum Gasteiger partial charge on any atom is 0.244 e. The van der Waals surface area contributed by atoms with Crippen LogP contribution in [-0.4, -0.2) is 63.5 Å². The van der Waals surface area contributed by atoms with E-state index in [4.69, 9.17) is 0 Å². The molecule has 1 atom stereocenters. The van der Waals surface area contributed by atoms with Crippen LogP contribution in [0.5, 0.6) is 0 Å². The lowest BCUT2D eigenvalue weighted by Crippen LogP contribution is -2.46. The van der Waals surface area contributed by atoms with Crippen molar-refractivity contribution in [2.24, 2.45) is 0 Å². The van der Waals surface area contributed by atoms with Gasteiger partial charge in [0.1, 0.15) is 16.5 Å². The Bertz CT molecular complexity index is 993. The summed E-state index contributed by atoms with van der Waals surface area (Å²) in [5.41, 5.74) is 0.847. The number of carbonyl (C=O) groups is 1. The van der Waals surface area contributed by atoms with Gasteiger partial charge in [-0.15, -0.1) is 0 Å². The number of hydrogen-bond donors (Lipinski definition) is 2. The Labute approximate surface area is 176 Å². The summed E-state index contributed by atoms with van der Waals surface area (Å²) in [7, 11) is -2.09. The molecule has 10 heteroatoms. The van der Waals surface area contributed by atoms with E-state index in [0.717, 1.165) is 49.7 Å². The van der Waals surface area contributed by atoms with Crippen molar-refractivity contribution in [3.63, 3.8) is 0 Å². The van der Waals surface area contributed by atoms with Gasteiger partial charge in [0.2, 0.25) is 15.9 Å². The molecular formula is C20H26FN5O3S. The predicted octanol–water partition coefficient (Wildman–Crippen LogP) is 0.956. The zero-order valence-electron chi connectivity index (χ0n) is 17.0. The quantitative estimate of drug-likeness (QED) is 0.673. The van der Waals surface area contributed by atoms with Crippen molar-refractivity contribution in [2.75, 3.05) is 38.1 Å². The fraction of sp³-hybridized carbons (Fsp3) is 0.400. The topological polar surface area (TPSA) is 94.6 Å². The molecule has 162 valence electrons. The molecule has 1 saturated heterocycles. The number of likely N-dealkylation sites (N-methyl/N-ethyl adjacent to an activating group) is 1. The standard InChI is InChI=1S/C20H26FN5O3S/c1-15(24-30(28,29)18-8-4-3-7-17(18)21)20(27)23-14-16-6-5-9-22-19(16)26-12-10-25(2)11-13-26/h3-9,15,24H,10-14H2,1-2H3,(H,23,27)/t15-/m0/s1. The Morgan fingerprint density at radius 2 is 1.87 bits per heavy atom. The molecule has 1 aliphatic heterocycles. The molecule has 2 N–H and O–H groups in total. The smallest absolute Gasteiger partial charge is 0.244 e. The van der Waals surface area contributed by atoms with Crippen LogP contribution in [0.1, 0.15) is 12.5 Å². The van der Waals surface area contributed by atoms with Gasteiger partial charge in [0.25, 0.3) is 0 Å². The predicted molar refractivity (Wildman–Crippen MR) is 112 cm³/mol. The molecular weight excluding hydrogens is 409 g/mol. The molecule has 0 bridgehead atoms. The number of anilines is 1. The van der Waals surface area contributed by atoms with Gasteiger partial charge in [-0.3, -0.25) is 4.79 Å². The molecule has 3 rings (SSSR count). The molecule has 0 spiro atoms. The van der Waals surface area contributed by atoms with E-state index in [2.05, 4.69) is 31.9 Å². The Balaban J connectivity index is 1.63. The van der Waals surface area contributed by atoms with Crippen molar-refractivity contribution >= 4 is 21.7 Å². The number of pyridine rings is 1. The Hall–Kier alpha value is -2.56. The minimum absolute atomic E-state index is 0.208. The molecule has 0 radical (unpaired) electrons. The summed E-state index contributed by atoms with van der Waals surface area (Å²) in [6, 6.07) is 7.64. The summed E-state index contributed by atoms with van der Waals surface area (Å²) < 4.78 is 40.8. The van der Waals surface area contributed by atoms with Crippen LogP contribution in [0.3, 0.4) is 0 Å². The van der Waals surface area contributed by atoms with Crippen LogP contribution in [0.4, 0.5) is 10.2 Å². The summed E-state index contributed by atoms with van der Waals surface area (Å²) >= 11 is 0. The third kappa shape index (κ3) is 5.32. The highest BCUT2D eigenvalue weighted by molar-refractivity contribution is 7.89. The van der Waals surface area contributed by atoms with Gasteiger partial charge in [0, 0.05) is 44.5 Å². The van der Waals surface area contributed by atoms with Crippen molar-refractivity contribution in [3.8, 4) is 0 Å². The van der Waals surface area contributed by atoms with E-state index in [9.17, 15) is 17.6 Å². The first-order chi connectivity index (χ1) is 14.3. The Kier molecular flexibility index (Phi) is 7.01. The van der Waals surface area contributed by atoms with Crippen molar-refractivity contribution in [1.29, 1.82) is 0 Å². The first-order valence-electron chi connectivity index (χ1n) is 9.70. The van der Waals surface area contributed by atoms with Crippen LogP contribution in [0.2, 0.25) is 0 Å². The van der Waals surface area contributed by atoms with E-state index in [1.54, 1.807) is 12.3 Å². The normalized spacial score (nSPS) is 16.3. The molecule has 1 fully saturated rings. The highest BCUT2D eigenvalue weighted by Crippen LogP contribution is 2.19. The molecule has 8 nitrogen and oxygen atoms in total. The average Bonchev–Trinajstić information content (AvgIpc) is 2.72. The fourth-order valence-electron chi connectivity index (χ4n) is 3.22. The van der Waals surface area contributed by atoms with Gasteiger partial charge in [0.15, 0.2) is 0 Å². The zero-order chi connectivity index (χ0) is 21.7. The molecule has 2 heterocycles. The van der Waals surface area contributed by atoms with Crippen molar-refractivity contribution < 1.29 is 17.6 Å². The summed E-state index contributed by atoms with van der Waals surface area (Å²) in [5, 5.41) is 2.74. The summed E-state index contributed by atoms with van der Waals surface area (Å²) in [4.78, 5) is 20.9. The second-order valence-electron chi connectivity index (χ2n) is 7.27. The monoisotopic (exact) mass is 435 g/mol. The first kappa shape index (κ1) is 22.1. The van der Waals surface area contributed by atoms with E-state index in [0.29, 0.717) is 0 Å². The Morgan fingerprint density at radius 1 is 1.17 bits per heavy atom. The number of benzene rings is 1. The maximum atomic E-state index is 13.8. The number of halogens is 1. The molecule has 30 heavy (non-hydrogen) atoms. The number of nitrogens with one attached hydrogen (secondary N) is 2. The fourth-order valence-corrected chi connectivity index (χ4v) is 4.50.